The number of phenols is 2. The highest BCUT2D eigenvalue weighted by molar-refractivity contribution is 5.34. The van der Waals surface area contributed by atoms with E-state index in [-0.39, 0.29) is 17.4 Å². The van der Waals surface area contributed by atoms with Gasteiger partial charge in [0, 0.05) is 0 Å². The first-order valence-electron chi connectivity index (χ1n) is 6.91. The molecule has 2 N–H and O–H groups in total. The van der Waals surface area contributed by atoms with Gasteiger partial charge < -0.3 is 10.2 Å². The van der Waals surface area contributed by atoms with Crippen LogP contribution in [0.4, 0.5) is 13.2 Å². The van der Waals surface area contributed by atoms with E-state index in [9.17, 15) is 23.4 Å². The Morgan fingerprint density at radius 3 is 1.64 bits per heavy atom. The van der Waals surface area contributed by atoms with E-state index in [0.717, 1.165) is 5.56 Å². The number of rotatable bonds is 4. The van der Waals surface area contributed by atoms with E-state index in [0.29, 0.717) is 5.56 Å². The Balaban J connectivity index is 2.34. The number of phenolic OH excluding ortho intramolecular Hbond substituents is 2. The molecule has 2 aromatic carbocycles. The second kappa shape index (κ2) is 6.30. The molecule has 2 nitrogen and oxygen atoms in total. The fraction of sp³-hybridized carbons (Fsp3) is 0.294. The summed E-state index contributed by atoms with van der Waals surface area (Å²) in [5.41, 5.74) is 1.25. The molecule has 0 aliphatic rings. The van der Waals surface area contributed by atoms with Gasteiger partial charge in [0.25, 0.3) is 0 Å². The number of benzene rings is 2. The number of hydrogen-bond donors (Lipinski definition) is 2. The Hall–Kier alpha value is -2.17. The van der Waals surface area contributed by atoms with E-state index in [1.807, 2.05) is 0 Å². The van der Waals surface area contributed by atoms with Gasteiger partial charge in [0.15, 0.2) is 0 Å². The zero-order valence-electron chi connectivity index (χ0n) is 12.0. The van der Waals surface area contributed by atoms with Crippen molar-refractivity contribution in [2.24, 2.45) is 0 Å². The SMILES string of the molecule is C[C@@H](c1ccc(O)cc1)[C@H](CC(F)(F)F)c1ccc(O)cc1. The predicted molar refractivity (Wildman–Crippen MR) is 78.0 cm³/mol. The lowest BCUT2D eigenvalue weighted by Crippen LogP contribution is -2.18. The second-order valence-electron chi connectivity index (χ2n) is 5.40. The van der Waals surface area contributed by atoms with Crippen LogP contribution < -0.4 is 0 Å². The Labute approximate surface area is 126 Å². The minimum Gasteiger partial charge on any atom is -0.508 e. The third-order valence-corrected chi connectivity index (χ3v) is 3.80. The highest BCUT2D eigenvalue weighted by atomic mass is 19.4. The fourth-order valence-electron chi connectivity index (χ4n) is 2.56. The summed E-state index contributed by atoms with van der Waals surface area (Å²) in [6, 6.07) is 12.0. The molecule has 0 aromatic heterocycles. The fourth-order valence-corrected chi connectivity index (χ4v) is 2.56. The van der Waals surface area contributed by atoms with Crippen LogP contribution in [-0.2, 0) is 0 Å². The monoisotopic (exact) mass is 310 g/mol. The van der Waals surface area contributed by atoms with E-state index in [1.54, 1.807) is 19.1 Å². The van der Waals surface area contributed by atoms with Crippen molar-refractivity contribution < 1.29 is 23.4 Å². The van der Waals surface area contributed by atoms with Crippen molar-refractivity contribution in [1.29, 1.82) is 0 Å². The molecule has 0 fully saturated rings. The molecule has 0 bridgehead atoms. The molecule has 5 heteroatoms. The van der Waals surface area contributed by atoms with Crippen LogP contribution in [0.2, 0.25) is 0 Å². The second-order valence-corrected chi connectivity index (χ2v) is 5.40. The van der Waals surface area contributed by atoms with E-state index in [2.05, 4.69) is 0 Å². The van der Waals surface area contributed by atoms with Crippen molar-refractivity contribution >= 4 is 0 Å². The summed E-state index contributed by atoms with van der Waals surface area (Å²) in [5, 5.41) is 18.6. The van der Waals surface area contributed by atoms with Gasteiger partial charge in [-0.15, -0.1) is 0 Å². The molecule has 0 amide bonds. The third kappa shape index (κ3) is 4.16. The minimum atomic E-state index is -4.28. The first-order chi connectivity index (χ1) is 10.3. The van der Waals surface area contributed by atoms with Crippen molar-refractivity contribution in [3.8, 4) is 11.5 Å². The molecule has 0 radical (unpaired) electrons. The maximum absolute atomic E-state index is 12.9. The number of halogens is 3. The zero-order valence-corrected chi connectivity index (χ0v) is 12.0. The number of aromatic hydroxyl groups is 2. The molecule has 0 unspecified atom stereocenters. The molecule has 118 valence electrons. The van der Waals surface area contributed by atoms with Gasteiger partial charge in [0.05, 0.1) is 6.42 Å². The third-order valence-electron chi connectivity index (χ3n) is 3.80. The molecule has 2 aromatic rings. The molecule has 22 heavy (non-hydrogen) atoms. The molecular weight excluding hydrogens is 293 g/mol. The summed E-state index contributed by atoms with van der Waals surface area (Å²) in [5.74, 6) is -1.04. The highest BCUT2D eigenvalue weighted by Gasteiger charge is 2.35. The Kier molecular flexibility index (Phi) is 4.64. The average molecular weight is 310 g/mol. The molecule has 0 heterocycles. The van der Waals surface area contributed by atoms with E-state index < -0.39 is 18.5 Å². The topological polar surface area (TPSA) is 40.5 Å². The van der Waals surface area contributed by atoms with Gasteiger partial charge >= 0.3 is 6.18 Å². The summed E-state index contributed by atoms with van der Waals surface area (Å²) in [6.45, 7) is 1.73. The van der Waals surface area contributed by atoms with Crippen LogP contribution in [0.5, 0.6) is 11.5 Å². The Bertz CT molecular complexity index is 603. The molecular formula is C17H17F3O2. The van der Waals surface area contributed by atoms with E-state index in [1.165, 1.54) is 36.4 Å². The summed E-state index contributed by atoms with van der Waals surface area (Å²) in [4.78, 5) is 0. The molecule has 2 rings (SSSR count). The van der Waals surface area contributed by atoms with Crippen LogP contribution in [0, 0.1) is 0 Å². The van der Waals surface area contributed by atoms with Crippen molar-refractivity contribution in [2.45, 2.75) is 31.4 Å². The number of alkyl halides is 3. The van der Waals surface area contributed by atoms with Gasteiger partial charge in [-0.3, -0.25) is 0 Å². The van der Waals surface area contributed by atoms with Crippen molar-refractivity contribution in [3.05, 3.63) is 59.7 Å². The summed E-state index contributed by atoms with van der Waals surface area (Å²) < 4.78 is 38.8. The quantitative estimate of drug-likeness (QED) is 0.840. The Morgan fingerprint density at radius 2 is 1.23 bits per heavy atom. The summed E-state index contributed by atoms with van der Waals surface area (Å²) in [7, 11) is 0. The molecule has 0 aliphatic heterocycles. The highest BCUT2D eigenvalue weighted by Crippen LogP contribution is 2.41. The summed E-state index contributed by atoms with van der Waals surface area (Å²) >= 11 is 0. The van der Waals surface area contributed by atoms with Gasteiger partial charge in [-0.05, 0) is 47.2 Å². The van der Waals surface area contributed by atoms with Gasteiger partial charge in [0.1, 0.15) is 11.5 Å². The van der Waals surface area contributed by atoms with E-state index >= 15 is 0 Å². The Morgan fingerprint density at radius 1 is 0.818 bits per heavy atom. The van der Waals surface area contributed by atoms with Crippen molar-refractivity contribution in [1.82, 2.24) is 0 Å². The smallest absolute Gasteiger partial charge is 0.389 e. The lowest BCUT2D eigenvalue weighted by Gasteiger charge is -2.26. The standard InChI is InChI=1S/C17H17F3O2/c1-11(12-2-6-14(21)7-3-12)16(10-17(18,19)20)13-4-8-15(22)9-5-13/h2-9,11,16,21-22H,10H2,1H3/t11-,16-/m0/s1. The van der Waals surface area contributed by atoms with Crippen LogP contribution in [0.3, 0.4) is 0 Å². The van der Waals surface area contributed by atoms with Crippen LogP contribution in [0.15, 0.2) is 48.5 Å². The predicted octanol–water partition coefficient (Wildman–Crippen LogP) is 4.94. The van der Waals surface area contributed by atoms with Gasteiger partial charge in [-0.2, -0.15) is 13.2 Å². The molecule has 0 saturated carbocycles. The normalized spacial score (nSPS) is 14.5. The summed E-state index contributed by atoms with van der Waals surface area (Å²) in [6.07, 6.45) is -5.23. The number of hydrogen-bond acceptors (Lipinski definition) is 2. The van der Waals surface area contributed by atoms with Crippen LogP contribution >= 0.6 is 0 Å². The maximum Gasteiger partial charge on any atom is 0.389 e. The molecule has 0 saturated heterocycles. The molecule has 0 aliphatic carbocycles. The van der Waals surface area contributed by atoms with Crippen LogP contribution in [0.1, 0.15) is 36.3 Å². The maximum atomic E-state index is 12.9. The van der Waals surface area contributed by atoms with Gasteiger partial charge in [-0.1, -0.05) is 31.2 Å². The zero-order chi connectivity index (χ0) is 16.3. The lowest BCUT2D eigenvalue weighted by atomic mass is 9.80. The lowest BCUT2D eigenvalue weighted by molar-refractivity contribution is -0.139. The van der Waals surface area contributed by atoms with Gasteiger partial charge in [0.2, 0.25) is 0 Å². The average Bonchev–Trinajstić information content (AvgIpc) is 2.45. The van der Waals surface area contributed by atoms with E-state index in [4.69, 9.17) is 0 Å². The van der Waals surface area contributed by atoms with Crippen LogP contribution in [0.25, 0.3) is 0 Å². The molecule has 2 atom stereocenters. The van der Waals surface area contributed by atoms with Crippen molar-refractivity contribution in [2.75, 3.05) is 0 Å². The van der Waals surface area contributed by atoms with Crippen LogP contribution in [-0.4, -0.2) is 16.4 Å². The van der Waals surface area contributed by atoms with Gasteiger partial charge in [-0.25, -0.2) is 0 Å². The largest absolute Gasteiger partial charge is 0.508 e. The first-order valence-corrected chi connectivity index (χ1v) is 6.91. The minimum absolute atomic E-state index is 0.0202. The first kappa shape index (κ1) is 16.2. The van der Waals surface area contributed by atoms with Crippen molar-refractivity contribution in [3.63, 3.8) is 0 Å². The molecule has 0 spiro atoms.